The summed E-state index contributed by atoms with van der Waals surface area (Å²) in [6.45, 7) is 3.24. The Labute approximate surface area is 51.7 Å². The Morgan fingerprint density at radius 1 is 1.38 bits per heavy atom. The molecule has 0 rings (SSSR count). The van der Waals surface area contributed by atoms with Gasteiger partial charge in [-0.15, -0.1) is 0 Å². The SMILES string of the molecule is CC[C@@H](CNC)NC. The third kappa shape index (κ3) is 2.99. The molecule has 0 heterocycles. The van der Waals surface area contributed by atoms with Crippen LogP contribution in [-0.2, 0) is 0 Å². The van der Waals surface area contributed by atoms with Crippen LogP contribution in [0.4, 0.5) is 0 Å². The van der Waals surface area contributed by atoms with Crippen molar-refractivity contribution < 1.29 is 0 Å². The molecule has 0 aliphatic carbocycles. The van der Waals surface area contributed by atoms with Crippen molar-refractivity contribution in [1.29, 1.82) is 0 Å². The quantitative estimate of drug-likeness (QED) is 0.548. The van der Waals surface area contributed by atoms with Crippen molar-refractivity contribution in [1.82, 2.24) is 10.6 Å². The minimum Gasteiger partial charge on any atom is -0.318 e. The zero-order valence-corrected chi connectivity index (χ0v) is 5.99. The molecule has 2 nitrogen and oxygen atoms in total. The fourth-order valence-electron chi connectivity index (χ4n) is 0.697. The van der Waals surface area contributed by atoms with Crippen molar-refractivity contribution in [2.24, 2.45) is 0 Å². The van der Waals surface area contributed by atoms with Crippen LogP contribution in [0.1, 0.15) is 13.3 Å². The molecule has 50 valence electrons. The number of hydrogen-bond donors (Lipinski definition) is 2. The van der Waals surface area contributed by atoms with Crippen molar-refractivity contribution in [3.05, 3.63) is 0 Å². The molecule has 0 aliphatic rings. The first kappa shape index (κ1) is 7.92. The monoisotopic (exact) mass is 116 g/mol. The Morgan fingerprint density at radius 3 is 2.12 bits per heavy atom. The van der Waals surface area contributed by atoms with Gasteiger partial charge in [0.1, 0.15) is 0 Å². The molecule has 0 amide bonds. The van der Waals surface area contributed by atoms with Crippen molar-refractivity contribution in [2.45, 2.75) is 19.4 Å². The van der Waals surface area contributed by atoms with E-state index in [9.17, 15) is 0 Å². The van der Waals surface area contributed by atoms with Gasteiger partial charge in [-0.3, -0.25) is 0 Å². The van der Waals surface area contributed by atoms with Crippen molar-refractivity contribution in [2.75, 3.05) is 20.6 Å². The van der Waals surface area contributed by atoms with Crippen LogP contribution in [0.15, 0.2) is 0 Å². The van der Waals surface area contributed by atoms with Crippen LogP contribution in [-0.4, -0.2) is 26.7 Å². The van der Waals surface area contributed by atoms with Crippen molar-refractivity contribution in [3.63, 3.8) is 0 Å². The van der Waals surface area contributed by atoms with Gasteiger partial charge in [0.15, 0.2) is 0 Å². The minimum absolute atomic E-state index is 0.639. The van der Waals surface area contributed by atoms with E-state index >= 15 is 0 Å². The number of hydrogen-bond acceptors (Lipinski definition) is 2. The Hall–Kier alpha value is -0.0800. The summed E-state index contributed by atoms with van der Waals surface area (Å²) in [5, 5.41) is 6.30. The second-order valence-corrected chi connectivity index (χ2v) is 1.95. The highest BCUT2D eigenvalue weighted by Gasteiger charge is 1.97. The van der Waals surface area contributed by atoms with Gasteiger partial charge < -0.3 is 10.6 Å². The fraction of sp³-hybridized carbons (Fsp3) is 1.00. The maximum Gasteiger partial charge on any atom is 0.0186 e. The second-order valence-electron chi connectivity index (χ2n) is 1.95. The van der Waals surface area contributed by atoms with Crippen LogP contribution < -0.4 is 10.6 Å². The maximum atomic E-state index is 3.19. The van der Waals surface area contributed by atoms with E-state index in [-0.39, 0.29) is 0 Å². The fourth-order valence-corrected chi connectivity index (χ4v) is 0.697. The minimum atomic E-state index is 0.639. The molecule has 0 bridgehead atoms. The maximum absolute atomic E-state index is 3.19. The third-order valence-electron chi connectivity index (χ3n) is 1.35. The van der Waals surface area contributed by atoms with Gasteiger partial charge in [0.2, 0.25) is 0 Å². The van der Waals surface area contributed by atoms with Crippen LogP contribution in [0.5, 0.6) is 0 Å². The predicted molar refractivity (Wildman–Crippen MR) is 37.1 cm³/mol. The summed E-state index contributed by atoms with van der Waals surface area (Å²) in [5.41, 5.74) is 0. The summed E-state index contributed by atoms with van der Waals surface area (Å²) < 4.78 is 0. The molecule has 0 aromatic heterocycles. The molecule has 2 heteroatoms. The summed E-state index contributed by atoms with van der Waals surface area (Å²) in [6.07, 6.45) is 1.19. The molecular weight excluding hydrogens is 100 g/mol. The van der Waals surface area contributed by atoms with E-state index in [0.29, 0.717) is 6.04 Å². The van der Waals surface area contributed by atoms with Crippen molar-refractivity contribution >= 4 is 0 Å². The summed E-state index contributed by atoms with van der Waals surface area (Å²) >= 11 is 0. The van der Waals surface area contributed by atoms with E-state index < -0.39 is 0 Å². The first-order chi connectivity index (χ1) is 3.85. The highest BCUT2D eigenvalue weighted by molar-refractivity contribution is 4.62. The molecule has 0 aromatic rings. The molecule has 0 radical (unpaired) electrons. The molecule has 0 fully saturated rings. The predicted octanol–water partition coefficient (Wildman–Crippen LogP) is 0.204. The Bertz CT molecular complexity index is 41.8. The molecule has 0 spiro atoms. The van der Waals surface area contributed by atoms with Crippen LogP contribution in [0, 0.1) is 0 Å². The van der Waals surface area contributed by atoms with Crippen LogP contribution in [0.25, 0.3) is 0 Å². The van der Waals surface area contributed by atoms with Gasteiger partial charge in [0, 0.05) is 12.6 Å². The summed E-state index contributed by atoms with van der Waals surface area (Å²) in [7, 11) is 3.96. The summed E-state index contributed by atoms with van der Waals surface area (Å²) in [5.74, 6) is 0. The molecule has 2 N–H and O–H groups in total. The Kier molecular flexibility index (Phi) is 5.01. The third-order valence-corrected chi connectivity index (χ3v) is 1.35. The standard InChI is InChI=1S/C6H16N2/c1-4-6(8-3)5-7-2/h6-8H,4-5H2,1-3H3/t6-/m0/s1. The first-order valence-electron chi connectivity index (χ1n) is 3.17. The summed E-state index contributed by atoms with van der Waals surface area (Å²) in [6, 6.07) is 0.639. The summed E-state index contributed by atoms with van der Waals surface area (Å²) in [4.78, 5) is 0. The van der Waals surface area contributed by atoms with E-state index in [2.05, 4.69) is 17.6 Å². The number of likely N-dealkylation sites (N-methyl/N-ethyl adjacent to an activating group) is 2. The van der Waals surface area contributed by atoms with Gasteiger partial charge in [-0.25, -0.2) is 0 Å². The molecule has 0 aliphatic heterocycles. The number of nitrogens with one attached hydrogen (secondary N) is 2. The van der Waals surface area contributed by atoms with Crippen LogP contribution in [0.3, 0.4) is 0 Å². The van der Waals surface area contributed by atoms with E-state index in [1.807, 2.05) is 14.1 Å². The van der Waals surface area contributed by atoms with Gasteiger partial charge in [-0.2, -0.15) is 0 Å². The molecule has 0 saturated carbocycles. The molecule has 8 heavy (non-hydrogen) atoms. The van der Waals surface area contributed by atoms with E-state index in [1.165, 1.54) is 6.42 Å². The average Bonchev–Trinajstić information content (AvgIpc) is 1.83. The Morgan fingerprint density at radius 2 is 2.00 bits per heavy atom. The topological polar surface area (TPSA) is 24.1 Å². The number of rotatable bonds is 4. The van der Waals surface area contributed by atoms with Gasteiger partial charge in [-0.05, 0) is 20.5 Å². The van der Waals surface area contributed by atoms with E-state index in [0.717, 1.165) is 6.54 Å². The molecule has 0 unspecified atom stereocenters. The first-order valence-corrected chi connectivity index (χ1v) is 3.17. The largest absolute Gasteiger partial charge is 0.318 e. The lowest BCUT2D eigenvalue weighted by Gasteiger charge is -2.11. The molecule has 0 aromatic carbocycles. The molecule has 0 saturated heterocycles. The highest BCUT2D eigenvalue weighted by Crippen LogP contribution is 1.84. The lowest BCUT2D eigenvalue weighted by molar-refractivity contribution is 0.519. The van der Waals surface area contributed by atoms with Gasteiger partial charge in [0.05, 0.1) is 0 Å². The second kappa shape index (κ2) is 5.06. The highest BCUT2D eigenvalue weighted by atomic mass is 14.9. The smallest absolute Gasteiger partial charge is 0.0186 e. The molecule has 1 atom stereocenters. The van der Waals surface area contributed by atoms with Gasteiger partial charge >= 0.3 is 0 Å². The normalized spacial score (nSPS) is 13.9. The molecular formula is C6H16N2. The Balaban J connectivity index is 3.07. The lowest BCUT2D eigenvalue weighted by Crippen LogP contribution is -2.34. The van der Waals surface area contributed by atoms with Gasteiger partial charge in [0.25, 0.3) is 0 Å². The van der Waals surface area contributed by atoms with E-state index in [4.69, 9.17) is 0 Å². The van der Waals surface area contributed by atoms with Crippen LogP contribution >= 0.6 is 0 Å². The average molecular weight is 116 g/mol. The zero-order valence-electron chi connectivity index (χ0n) is 5.99. The van der Waals surface area contributed by atoms with E-state index in [1.54, 1.807) is 0 Å². The zero-order chi connectivity index (χ0) is 6.41. The van der Waals surface area contributed by atoms with Gasteiger partial charge in [-0.1, -0.05) is 6.92 Å². The van der Waals surface area contributed by atoms with Crippen LogP contribution in [0.2, 0.25) is 0 Å². The van der Waals surface area contributed by atoms with Crippen molar-refractivity contribution in [3.8, 4) is 0 Å². The lowest BCUT2D eigenvalue weighted by atomic mass is 10.2.